The standard InChI is InChI=1S/C21H18N2O2S/c1-22-17-12-16(13-6-5-7-13)23(14-8-3-2-4-9-14)20(25)18(17)19(24)15-10-11-26-21(15)22/h2-4,8-13H,5-7H2,1H3. The van der Waals surface area contributed by atoms with E-state index >= 15 is 0 Å². The van der Waals surface area contributed by atoms with Gasteiger partial charge in [0.25, 0.3) is 5.56 Å². The third-order valence-corrected chi connectivity index (χ3v) is 6.53. The van der Waals surface area contributed by atoms with Crippen molar-refractivity contribution in [1.29, 1.82) is 0 Å². The lowest BCUT2D eigenvalue weighted by atomic mass is 9.82. The Morgan fingerprint density at radius 1 is 1.08 bits per heavy atom. The molecule has 5 heteroatoms. The van der Waals surface area contributed by atoms with Crippen LogP contribution < -0.4 is 11.0 Å². The molecule has 1 saturated carbocycles. The molecule has 0 atom stereocenters. The quantitative estimate of drug-likeness (QED) is 0.537. The van der Waals surface area contributed by atoms with E-state index in [4.69, 9.17) is 0 Å². The Morgan fingerprint density at radius 3 is 2.54 bits per heavy atom. The lowest BCUT2D eigenvalue weighted by Crippen LogP contribution is -2.30. The topological polar surface area (TPSA) is 44.0 Å². The summed E-state index contributed by atoms with van der Waals surface area (Å²) in [6.07, 6.45) is 3.37. The van der Waals surface area contributed by atoms with E-state index in [0.717, 1.165) is 34.6 Å². The molecule has 1 aliphatic carbocycles. The fraction of sp³-hybridized carbons (Fsp3) is 0.238. The second-order valence-electron chi connectivity index (χ2n) is 6.96. The number of para-hydroxylation sites is 1. The Labute approximate surface area is 153 Å². The molecule has 1 aliphatic rings. The maximum absolute atomic E-state index is 13.5. The van der Waals surface area contributed by atoms with Crippen molar-refractivity contribution in [2.75, 3.05) is 0 Å². The third-order valence-electron chi connectivity index (χ3n) is 5.54. The van der Waals surface area contributed by atoms with Crippen molar-refractivity contribution in [2.45, 2.75) is 25.2 Å². The minimum atomic E-state index is -0.204. The number of nitrogens with zero attached hydrogens (tertiary/aromatic N) is 2. The molecule has 0 saturated heterocycles. The van der Waals surface area contributed by atoms with Crippen molar-refractivity contribution in [1.82, 2.24) is 9.13 Å². The van der Waals surface area contributed by atoms with Crippen LogP contribution in [0.2, 0.25) is 0 Å². The van der Waals surface area contributed by atoms with E-state index in [1.165, 1.54) is 17.8 Å². The molecule has 0 aliphatic heterocycles. The number of thiophene rings is 1. The summed E-state index contributed by atoms with van der Waals surface area (Å²) in [4.78, 5) is 27.5. The first-order valence-electron chi connectivity index (χ1n) is 8.88. The first kappa shape index (κ1) is 15.6. The van der Waals surface area contributed by atoms with Crippen LogP contribution in [0.1, 0.15) is 30.9 Å². The van der Waals surface area contributed by atoms with Crippen molar-refractivity contribution in [3.05, 3.63) is 74.1 Å². The van der Waals surface area contributed by atoms with E-state index in [0.29, 0.717) is 11.3 Å². The average molecular weight is 362 g/mol. The molecule has 3 heterocycles. The van der Waals surface area contributed by atoms with Crippen LogP contribution in [0.25, 0.3) is 26.8 Å². The van der Waals surface area contributed by atoms with Gasteiger partial charge in [0.1, 0.15) is 10.2 Å². The maximum Gasteiger partial charge on any atom is 0.268 e. The van der Waals surface area contributed by atoms with Gasteiger partial charge in [-0.25, -0.2) is 0 Å². The van der Waals surface area contributed by atoms with Gasteiger partial charge in [0.15, 0.2) is 0 Å². The summed E-state index contributed by atoms with van der Waals surface area (Å²) in [6.45, 7) is 0. The van der Waals surface area contributed by atoms with E-state index in [9.17, 15) is 9.59 Å². The molecule has 5 rings (SSSR count). The van der Waals surface area contributed by atoms with Gasteiger partial charge in [-0.1, -0.05) is 24.6 Å². The van der Waals surface area contributed by atoms with Gasteiger partial charge in [-0.3, -0.25) is 14.2 Å². The van der Waals surface area contributed by atoms with Crippen LogP contribution >= 0.6 is 11.3 Å². The summed E-state index contributed by atoms with van der Waals surface area (Å²) >= 11 is 1.54. The Kier molecular flexibility index (Phi) is 3.40. The van der Waals surface area contributed by atoms with E-state index in [2.05, 4.69) is 6.07 Å². The zero-order valence-corrected chi connectivity index (χ0v) is 15.3. The normalized spacial score (nSPS) is 14.8. The summed E-state index contributed by atoms with van der Waals surface area (Å²) in [5.41, 5.74) is 2.22. The second kappa shape index (κ2) is 5.68. The fourth-order valence-corrected chi connectivity index (χ4v) is 4.80. The molecule has 1 aromatic carbocycles. The highest BCUT2D eigenvalue weighted by atomic mass is 32.1. The Balaban J connectivity index is 1.98. The van der Waals surface area contributed by atoms with Gasteiger partial charge in [0.2, 0.25) is 5.43 Å². The zero-order valence-electron chi connectivity index (χ0n) is 14.4. The number of aryl methyl sites for hydroxylation is 1. The number of hydrogen-bond donors (Lipinski definition) is 0. The second-order valence-corrected chi connectivity index (χ2v) is 7.86. The monoisotopic (exact) mass is 362 g/mol. The number of benzene rings is 1. The lowest BCUT2D eigenvalue weighted by molar-refractivity contribution is 0.404. The minimum Gasteiger partial charge on any atom is -0.335 e. The van der Waals surface area contributed by atoms with Crippen LogP contribution in [0, 0.1) is 0 Å². The molecule has 0 spiro atoms. The van der Waals surface area contributed by atoms with Gasteiger partial charge in [-0.05, 0) is 48.4 Å². The number of rotatable bonds is 2. The molecule has 0 unspecified atom stereocenters. The summed E-state index contributed by atoms with van der Waals surface area (Å²) in [7, 11) is 1.94. The molecule has 3 aromatic heterocycles. The van der Waals surface area contributed by atoms with E-state index in [1.807, 2.05) is 53.4 Å². The smallest absolute Gasteiger partial charge is 0.268 e. The fourth-order valence-electron chi connectivity index (χ4n) is 3.92. The van der Waals surface area contributed by atoms with Gasteiger partial charge in [-0.15, -0.1) is 11.3 Å². The predicted octanol–water partition coefficient (Wildman–Crippen LogP) is 4.17. The highest BCUT2D eigenvalue weighted by molar-refractivity contribution is 7.16. The highest BCUT2D eigenvalue weighted by Gasteiger charge is 2.26. The number of hydrogen-bond acceptors (Lipinski definition) is 3. The van der Waals surface area contributed by atoms with Crippen molar-refractivity contribution in [3.63, 3.8) is 0 Å². The Bertz CT molecular complexity index is 1260. The molecule has 0 bridgehead atoms. The van der Waals surface area contributed by atoms with Crippen LogP contribution in [0.5, 0.6) is 0 Å². The molecule has 4 aromatic rings. The number of aromatic nitrogens is 2. The molecule has 4 nitrogen and oxygen atoms in total. The minimum absolute atomic E-state index is 0.163. The average Bonchev–Trinajstić information content (AvgIpc) is 3.09. The van der Waals surface area contributed by atoms with E-state index < -0.39 is 0 Å². The molecule has 26 heavy (non-hydrogen) atoms. The van der Waals surface area contributed by atoms with Crippen LogP contribution in [0.3, 0.4) is 0 Å². The summed E-state index contributed by atoms with van der Waals surface area (Å²) in [5, 5.41) is 2.82. The van der Waals surface area contributed by atoms with Crippen molar-refractivity contribution in [3.8, 4) is 5.69 Å². The molecular formula is C21H18N2O2S. The molecular weight excluding hydrogens is 344 g/mol. The lowest BCUT2D eigenvalue weighted by Gasteiger charge is -2.29. The van der Waals surface area contributed by atoms with E-state index in [-0.39, 0.29) is 16.4 Å². The van der Waals surface area contributed by atoms with Crippen molar-refractivity contribution >= 4 is 32.5 Å². The summed E-state index contributed by atoms with van der Waals surface area (Å²) in [5.74, 6) is 0.376. The van der Waals surface area contributed by atoms with Crippen LogP contribution in [0.15, 0.2) is 57.4 Å². The van der Waals surface area contributed by atoms with E-state index in [1.54, 1.807) is 4.57 Å². The first-order chi connectivity index (χ1) is 12.7. The molecule has 0 amide bonds. The SMILES string of the molecule is Cn1c2cc(C3CCC3)n(-c3ccccc3)c(=O)c2c(=O)c2ccsc21. The van der Waals surface area contributed by atoms with Crippen molar-refractivity contribution in [2.24, 2.45) is 7.05 Å². The summed E-state index contributed by atoms with van der Waals surface area (Å²) < 4.78 is 3.75. The summed E-state index contributed by atoms with van der Waals surface area (Å²) in [6, 6.07) is 13.5. The Hall–Kier alpha value is -2.66. The molecule has 130 valence electrons. The van der Waals surface area contributed by atoms with Crippen LogP contribution in [0.4, 0.5) is 0 Å². The predicted molar refractivity (Wildman–Crippen MR) is 107 cm³/mol. The first-order valence-corrected chi connectivity index (χ1v) is 9.76. The molecule has 0 N–H and O–H groups in total. The number of pyridine rings is 2. The van der Waals surface area contributed by atoms with Crippen molar-refractivity contribution < 1.29 is 0 Å². The van der Waals surface area contributed by atoms with Gasteiger partial charge in [0.05, 0.1) is 10.9 Å². The van der Waals surface area contributed by atoms with Gasteiger partial charge in [-0.2, -0.15) is 0 Å². The highest BCUT2D eigenvalue weighted by Crippen LogP contribution is 2.37. The van der Waals surface area contributed by atoms with Crippen LogP contribution in [-0.4, -0.2) is 9.13 Å². The third kappa shape index (κ3) is 2.07. The largest absolute Gasteiger partial charge is 0.335 e. The van der Waals surface area contributed by atoms with Gasteiger partial charge < -0.3 is 4.57 Å². The molecule has 0 radical (unpaired) electrons. The molecule has 1 fully saturated rings. The van der Waals surface area contributed by atoms with Gasteiger partial charge in [0, 0.05) is 18.4 Å². The Morgan fingerprint density at radius 2 is 1.85 bits per heavy atom. The zero-order chi connectivity index (χ0) is 17.8. The number of fused-ring (bicyclic) bond motifs is 2. The van der Waals surface area contributed by atoms with Crippen LogP contribution in [-0.2, 0) is 7.05 Å². The maximum atomic E-state index is 13.5. The van der Waals surface area contributed by atoms with Gasteiger partial charge >= 0.3 is 0 Å².